The molecule has 0 heterocycles. The van der Waals surface area contributed by atoms with Crippen LogP contribution in [-0.2, 0) is 11.3 Å². The van der Waals surface area contributed by atoms with E-state index >= 15 is 0 Å². The lowest BCUT2D eigenvalue weighted by Crippen LogP contribution is -1.90. The van der Waals surface area contributed by atoms with Gasteiger partial charge in [-0.2, -0.15) is 0 Å². The summed E-state index contributed by atoms with van der Waals surface area (Å²) in [5.74, 6) is 0. The predicted octanol–water partition coefficient (Wildman–Crippen LogP) is 2.88. The molecule has 1 rings (SSSR count). The highest BCUT2D eigenvalue weighted by atomic mass is 35.5. The Labute approximate surface area is 71.9 Å². The highest BCUT2D eigenvalue weighted by Crippen LogP contribution is 2.10. The van der Waals surface area contributed by atoms with Crippen molar-refractivity contribution < 1.29 is 4.74 Å². The number of hydrogen-bond donors (Lipinski definition) is 0. The van der Waals surface area contributed by atoms with Gasteiger partial charge in [-0.15, -0.1) is 0 Å². The maximum Gasteiger partial charge on any atom is 0.0717 e. The van der Waals surface area contributed by atoms with Crippen LogP contribution in [0.5, 0.6) is 0 Å². The average molecular weight is 171 g/mol. The molecule has 1 aromatic rings. The first-order valence-electron chi connectivity index (χ1n) is 3.65. The van der Waals surface area contributed by atoms with E-state index in [2.05, 4.69) is 0 Å². The molecule has 0 spiro atoms. The van der Waals surface area contributed by atoms with Gasteiger partial charge in [0.05, 0.1) is 6.61 Å². The van der Waals surface area contributed by atoms with Gasteiger partial charge in [-0.25, -0.2) is 0 Å². The van der Waals surface area contributed by atoms with Crippen LogP contribution < -0.4 is 0 Å². The minimum Gasteiger partial charge on any atom is -0.377 e. The Hall–Kier alpha value is -0.530. The zero-order chi connectivity index (χ0) is 8.10. The van der Waals surface area contributed by atoms with Crippen molar-refractivity contribution in [1.29, 1.82) is 0 Å². The Bertz CT molecular complexity index is 223. The molecule has 0 fully saturated rings. The first-order valence-corrected chi connectivity index (χ1v) is 4.03. The molecule has 0 N–H and O–H groups in total. The third kappa shape index (κ3) is 2.91. The smallest absolute Gasteiger partial charge is 0.0717 e. The van der Waals surface area contributed by atoms with E-state index in [1.54, 1.807) is 0 Å². The van der Waals surface area contributed by atoms with Gasteiger partial charge in [0, 0.05) is 11.6 Å². The molecule has 60 valence electrons. The van der Waals surface area contributed by atoms with E-state index in [0.29, 0.717) is 6.61 Å². The molecule has 1 aromatic carbocycles. The van der Waals surface area contributed by atoms with Gasteiger partial charge in [0.1, 0.15) is 0 Å². The molecule has 0 unspecified atom stereocenters. The topological polar surface area (TPSA) is 9.23 Å². The summed E-state index contributed by atoms with van der Waals surface area (Å²) in [4.78, 5) is 0. The second-order valence-corrected chi connectivity index (χ2v) is 2.70. The normalized spacial score (nSPS) is 10.0. The Balaban J connectivity index is 2.56. The molecule has 0 aromatic heterocycles. The number of ether oxygens (including phenoxy) is 1. The monoisotopic (exact) mass is 170 g/mol. The molecule has 11 heavy (non-hydrogen) atoms. The highest BCUT2D eigenvalue weighted by molar-refractivity contribution is 6.30. The van der Waals surface area contributed by atoms with Crippen LogP contribution in [0.4, 0.5) is 0 Å². The van der Waals surface area contributed by atoms with Gasteiger partial charge in [-0.05, 0) is 24.6 Å². The molecule has 0 amide bonds. The van der Waals surface area contributed by atoms with Crippen molar-refractivity contribution in [2.75, 3.05) is 6.61 Å². The minimum absolute atomic E-state index is 0.650. The SMILES string of the molecule is CCOCc1cccc(Cl)c1. The first-order chi connectivity index (χ1) is 5.33. The molecule has 0 saturated heterocycles. The third-order valence-electron chi connectivity index (χ3n) is 1.36. The fourth-order valence-corrected chi connectivity index (χ4v) is 1.06. The van der Waals surface area contributed by atoms with Gasteiger partial charge >= 0.3 is 0 Å². The molecule has 0 bridgehead atoms. The van der Waals surface area contributed by atoms with E-state index in [-0.39, 0.29) is 0 Å². The van der Waals surface area contributed by atoms with Gasteiger partial charge < -0.3 is 4.74 Å². The van der Waals surface area contributed by atoms with Crippen molar-refractivity contribution in [3.8, 4) is 0 Å². The van der Waals surface area contributed by atoms with Crippen LogP contribution >= 0.6 is 11.6 Å². The summed E-state index contributed by atoms with van der Waals surface area (Å²) < 4.78 is 5.22. The van der Waals surface area contributed by atoms with Crippen LogP contribution in [0.25, 0.3) is 0 Å². The van der Waals surface area contributed by atoms with E-state index in [4.69, 9.17) is 16.3 Å². The molecule has 0 saturated carbocycles. The molecule has 2 heteroatoms. The number of rotatable bonds is 3. The first kappa shape index (κ1) is 8.57. The van der Waals surface area contributed by atoms with Crippen LogP contribution in [0.15, 0.2) is 24.3 Å². The second-order valence-electron chi connectivity index (χ2n) is 2.27. The maximum absolute atomic E-state index is 5.77. The van der Waals surface area contributed by atoms with Crippen LogP contribution in [0, 0.1) is 0 Å². The van der Waals surface area contributed by atoms with Crippen molar-refractivity contribution in [3.05, 3.63) is 34.9 Å². The molecule has 0 aliphatic carbocycles. The Kier molecular flexibility index (Phi) is 3.40. The van der Waals surface area contributed by atoms with Crippen LogP contribution in [-0.4, -0.2) is 6.61 Å². The molecule has 0 atom stereocenters. The van der Waals surface area contributed by atoms with E-state index in [0.717, 1.165) is 17.2 Å². The Morgan fingerprint density at radius 1 is 1.45 bits per heavy atom. The summed E-state index contributed by atoms with van der Waals surface area (Å²) in [6.07, 6.45) is 0. The van der Waals surface area contributed by atoms with E-state index in [9.17, 15) is 0 Å². The molecule has 1 nitrogen and oxygen atoms in total. The summed E-state index contributed by atoms with van der Waals surface area (Å²) in [5.41, 5.74) is 1.12. The standard InChI is InChI=1S/C9H11ClO/c1-2-11-7-8-4-3-5-9(10)6-8/h3-6H,2,7H2,1H3. The van der Waals surface area contributed by atoms with Crippen LogP contribution in [0.1, 0.15) is 12.5 Å². The zero-order valence-electron chi connectivity index (χ0n) is 6.51. The molecular weight excluding hydrogens is 160 g/mol. The summed E-state index contributed by atoms with van der Waals surface area (Å²) in [5, 5.41) is 0.766. The Morgan fingerprint density at radius 3 is 2.91 bits per heavy atom. The summed E-state index contributed by atoms with van der Waals surface area (Å²) >= 11 is 5.77. The molecule has 0 radical (unpaired) electrons. The number of hydrogen-bond acceptors (Lipinski definition) is 1. The van der Waals surface area contributed by atoms with Gasteiger partial charge in [-0.1, -0.05) is 23.7 Å². The lowest BCUT2D eigenvalue weighted by molar-refractivity contribution is 0.134. The minimum atomic E-state index is 0.650. The summed E-state index contributed by atoms with van der Waals surface area (Å²) in [6.45, 7) is 3.37. The predicted molar refractivity (Wildman–Crippen MR) is 46.8 cm³/mol. The largest absolute Gasteiger partial charge is 0.377 e. The highest BCUT2D eigenvalue weighted by Gasteiger charge is 1.91. The fraction of sp³-hybridized carbons (Fsp3) is 0.333. The molecule has 0 aliphatic rings. The van der Waals surface area contributed by atoms with Crippen molar-refractivity contribution in [1.82, 2.24) is 0 Å². The third-order valence-corrected chi connectivity index (χ3v) is 1.60. The van der Waals surface area contributed by atoms with Gasteiger partial charge in [0.2, 0.25) is 0 Å². The Morgan fingerprint density at radius 2 is 2.27 bits per heavy atom. The molecule has 0 aliphatic heterocycles. The van der Waals surface area contributed by atoms with Crippen molar-refractivity contribution >= 4 is 11.6 Å². The van der Waals surface area contributed by atoms with E-state index in [1.807, 2.05) is 31.2 Å². The molecular formula is C9H11ClO. The lowest BCUT2D eigenvalue weighted by atomic mass is 10.2. The van der Waals surface area contributed by atoms with Crippen molar-refractivity contribution in [2.24, 2.45) is 0 Å². The quantitative estimate of drug-likeness (QED) is 0.678. The van der Waals surface area contributed by atoms with E-state index < -0.39 is 0 Å². The van der Waals surface area contributed by atoms with Crippen molar-refractivity contribution in [3.63, 3.8) is 0 Å². The zero-order valence-corrected chi connectivity index (χ0v) is 7.27. The van der Waals surface area contributed by atoms with Crippen LogP contribution in [0.2, 0.25) is 5.02 Å². The van der Waals surface area contributed by atoms with Gasteiger partial charge in [-0.3, -0.25) is 0 Å². The van der Waals surface area contributed by atoms with Gasteiger partial charge in [0.15, 0.2) is 0 Å². The van der Waals surface area contributed by atoms with Crippen LogP contribution in [0.3, 0.4) is 0 Å². The average Bonchev–Trinajstić information content (AvgIpc) is 2.01. The maximum atomic E-state index is 5.77. The fourth-order valence-electron chi connectivity index (χ4n) is 0.847. The summed E-state index contributed by atoms with van der Waals surface area (Å²) in [6, 6.07) is 7.70. The van der Waals surface area contributed by atoms with Gasteiger partial charge in [0.25, 0.3) is 0 Å². The van der Waals surface area contributed by atoms with E-state index in [1.165, 1.54) is 0 Å². The number of halogens is 1. The van der Waals surface area contributed by atoms with Crippen molar-refractivity contribution in [2.45, 2.75) is 13.5 Å². The lowest BCUT2D eigenvalue weighted by Gasteiger charge is -2.00. The second kappa shape index (κ2) is 4.37. The summed E-state index contributed by atoms with van der Waals surface area (Å²) in [7, 11) is 0. The number of benzene rings is 1.